The van der Waals surface area contributed by atoms with Crippen molar-refractivity contribution in [3.63, 3.8) is 0 Å². The molecular formula is C26H23FO6. The lowest BCUT2D eigenvalue weighted by atomic mass is 9.98. The SMILES string of the molecule is COc1ccc(Oc2ccc(F)c3c2CC[C@H]3Oc2ccc3c(c2)OCC3CC(=O)O)cc1. The third kappa shape index (κ3) is 4.18. The standard InChI is InChI=1S/C26H23FO6/c1-30-16-2-4-17(5-3-16)32-22-11-9-21(27)26-20(22)8-10-23(26)33-18-6-7-19-15(12-25(28)29)14-31-24(19)13-18/h2-7,9,11,13,15,23H,8,10,12,14H2,1H3,(H,28,29)/t15?,23-/m1/s1. The normalized spacial score (nSPS) is 18.2. The second-order valence-corrected chi connectivity index (χ2v) is 8.17. The third-order valence-corrected chi connectivity index (χ3v) is 6.09. The summed E-state index contributed by atoms with van der Waals surface area (Å²) >= 11 is 0. The first-order chi connectivity index (χ1) is 16.0. The molecule has 0 fully saturated rings. The topological polar surface area (TPSA) is 74.2 Å². The summed E-state index contributed by atoms with van der Waals surface area (Å²) in [4.78, 5) is 11.1. The number of fused-ring (bicyclic) bond motifs is 2. The van der Waals surface area contributed by atoms with E-state index < -0.39 is 12.1 Å². The molecule has 170 valence electrons. The minimum atomic E-state index is -0.859. The molecule has 0 spiro atoms. The van der Waals surface area contributed by atoms with Crippen molar-refractivity contribution in [2.24, 2.45) is 0 Å². The fourth-order valence-corrected chi connectivity index (χ4v) is 4.50. The number of hydrogen-bond acceptors (Lipinski definition) is 5. The van der Waals surface area contributed by atoms with Crippen molar-refractivity contribution >= 4 is 5.97 Å². The number of methoxy groups -OCH3 is 1. The predicted molar refractivity (Wildman–Crippen MR) is 118 cm³/mol. The quantitative estimate of drug-likeness (QED) is 0.502. The molecule has 0 bridgehead atoms. The number of hydrogen-bond donors (Lipinski definition) is 1. The van der Waals surface area contributed by atoms with Crippen LogP contribution in [0.2, 0.25) is 0 Å². The summed E-state index contributed by atoms with van der Waals surface area (Å²) in [6, 6.07) is 15.7. The highest BCUT2D eigenvalue weighted by molar-refractivity contribution is 5.68. The van der Waals surface area contributed by atoms with Gasteiger partial charge in [0.2, 0.25) is 0 Å². The number of halogens is 1. The molecule has 3 aromatic rings. The average molecular weight is 450 g/mol. The Hall–Kier alpha value is -3.74. The van der Waals surface area contributed by atoms with Crippen LogP contribution in [0.15, 0.2) is 54.6 Å². The molecule has 0 saturated heterocycles. The van der Waals surface area contributed by atoms with Crippen LogP contribution >= 0.6 is 0 Å². The number of aliphatic carboxylic acids is 1. The van der Waals surface area contributed by atoms with Crippen molar-refractivity contribution < 1.29 is 33.2 Å². The first kappa shape index (κ1) is 21.1. The predicted octanol–water partition coefficient (Wildman–Crippen LogP) is 5.64. The molecule has 7 heteroatoms. The van der Waals surface area contributed by atoms with Gasteiger partial charge in [0, 0.05) is 28.7 Å². The van der Waals surface area contributed by atoms with Crippen molar-refractivity contribution in [2.75, 3.05) is 13.7 Å². The Morgan fingerprint density at radius 3 is 2.61 bits per heavy atom. The molecule has 1 unspecified atom stereocenters. The van der Waals surface area contributed by atoms with E-state index in [4.69, 9.17) is 24.1 Å². The number of ether oxygens (including phenoxy) is 4. The Morgan fingerprint density at radius 1 is 1.09 bits per heavy atom. The average Bonchev–Trinajstić information content (AvgIpc) is 3.41. The van der Waals surface area contributed by atoms with Crippen LogP contribution in [0.3, 0.4) is 0 Å². The maximum Gasteiger partial charge on any atom is 0.304 e. The Morgan fingerprint density at radius 2 is 1.85 bits per heavy atom. The van der Waals surface area contributed by atoms with Crippen LogP contribution in [-0.2, 0) is 11.2 Å². The van der Waals surface area contributed by atoms with Crippen LogP contribution in [0.25, 0.3) is 0 Å². The van der Waals surface area contributed by atoms with Gasteiger partial charge in [-0.25, -0.2) is 4.39 Å². The molecule has 1 aliphatic heterocycles. The zero-order chi connectivity index (χ0) is 22.9. The molecule has 1 aliphatic carbocycles. The number of carboxylic acids is 1. The molecular weight excluding hydrogens is 427 g/mol. The van der Waals surface area contributed by atoms with E-state index in [1.807, 2.05) is 18.2 Å². The summed E-state index contributed by atoms with van der Waals surface area (Å²) in [5.41, 5.74) is 2.17. The van der Waals surface area contributed by atoms with Crippen molar-refractivity contribution in [2.45, 2.75) is 31.3 Å². The smallest absolute Gasteiger partial charge is 0.304 e. The second-order valence-electron chi connectivity index (χ2n) is 8.17. The van der Waals surface area contributed by atoms with Crippen molar-refractivity contribution in [1.82, 2.24) is 0 Å². The summed E-state index contributed by atoms with van der Waals surface area (Å²) in [7, 11) is 1.60. The van der Waals surface area contributed by atoms with E-state index in [9.17, 15) is 9.18 Å². The van der Waals surface area contributed by atoms with Gasteiger partial charge < -0.3 is 24.1 Å². The zero-order valence-corrected chi connectivity index (χ0v) is 18.0. The van der Waals surface area contributed by atoms with Crippen LogP contribution in [-0.4, -0.2) is 24.8 Å². The molecule has 2 aliphatic rings. The number of rotatable bonds is 7. The molecule has 33 heavy (non-hydrogen) atoms. The summed E-state index contributed by atoms with van der Waals surface area (Å²) < 4.78 is 37.8. The van der Waals surface area contributed by atoms with Gasteiger partial charge in [0.1, 0.15) is 40.7 Å². The molecule has 1 N–H and O–H groups in total. The zero-order valence-electron chi connectivity index (χ0n) is 18.0. The molecule has 6 nitrogen and oxygen atoms in total. The van der Waals surface area contributed by atoms with Gasteiger partial charge in [0.25, 0.3) is 0 Å². The summed E-state index contributed by atoms with van der Waals surface area (Å²) in [6.07, 6.45) is 0.819. The minimum Gasteiger partial charge on any atom is -0.497 e. The van der Waals surface area contributed by atoms with Gasteiger partial charge in [-0.2, -0.15) is 0 Å². The fraction of sp³-hybridized carbons (Fsp3) is 0.269. The monoisotopic (exact) mass is 450 g/mol. The van der Waals surface area contributed by atoms with E-state index in [1.54, 1.807) is 37.4 Å². The van der Waals surface area contributed by atoms with E-state index in [-0.39, 0.29) is 18.2 Å². The van der Waals surface area contributed by atoms with Gasteiger partial charge >= 0.3 is 5.97 Å². The van der Waals surface area contributed by atoms with Crippen LogP contribution in [0, 0.1) is 5.82 Å². The second kappa shape index (κ2) is 8.65. The Bertz CT molecular complexity index is 1190. The molecule has 0 amide bonds. The maximum atomic E-state index is 14.8. The van der Waals surface area contributed by atoms with E-state index in [1.165, 1.54) is 6.07 Å². The Kier molecular flexibility index (Phi) is 5.54. The maximum absolute atomic E-state index is 14.8. The highest BCUT2D eigenvalue weighted by Crippen LogP contribution is 2.44. The first-order valence-corrected chi connectivity index (χ1v) is 10.8. The van der Waals surface area contributed by atoms with E-state index >= 15 is 0 Å². The van der Waals surface area contributed by atoms with Gasteiger partial charge in [-0.15, -0.1) is 0 Å². The largest absolute Gasteiger partial charge is 0.497 e. The lowest BCUT2D eigenvalue weighted by Crippen LogP contribution is -2.07. The van der Waals surface area contributed by atoms with Gasteiger partial charge in [-0.1, -0.05) is 6.07 Å². The van der Waals surface area contributed by atoms with Gasteiger partial charge in [0.15, 0.2) is 0 Å². The Labute approximate surface area is 190 Å². The Balaban J connectivity index is 1.36. The van der Waals surface area contributed by atoms with Crippen LogP contribution < -0.4 is 18.9 Å². The van der Waals surface area contributed by atoms with E-state index in [0.29, 0.717) is 48.0 Å². The van der Waals surface area contributed by atoms with Crippen molar-refractivity contribution in [1.29, 1.82) is 0 Å². The van der Waals surface area contributed by atoms with E-state index in [2.05, 4.69) is 0 Å². The number of carbonyl (C=O) groups is 1. The first-order valence-electron chi connectivity index (χ1n) is 10.8. The lowest BCUT2D eigenvalue weighted by molar-refractivity contribution is -0.137. The van der Waals surface area contributed by atoms with Crippen molar-refractivity contribution in [3.05, 3.63) is 77.1 Å². The highest BCUT2D eigenvalue weighted by atomic mass is 19.1. The summed E-state index contributed by atoms with van der Waals surface area (Å²) in [6.45, 7) is 0.331. The molecule has 0 saturated carbocycles. The summed E-state index contributed by atoms with van der Waals surface area (Å²) in [5.74, 6) is 1.80. The molecule has 0 radical (unpaired) electrons. The lowest BCUT2D eigenvalue weighted by Gasteiger charge is -2.17. The molecule has 5 rings (SSSR count). The van der Waals surface area contributed by atoms with Crippen molar-refractivity contribution in [3.8, 4) is 28.7 Å². The van der Waals surface area contributed by atoms with Crippen LogP contribution in [0.4, 0.5) is 4.39 Å². The van der Waals surface area contributed by atoms with E-state index in [0.717, 1.165) is 16.9 Å². The fourth-order valence-electron chi connectivity index (χ4n) is 4.50. The highest BCUT2D eigenvalue weighted by Gasteiger charge is 2.32. The van der Waals surface area contributed by atoms with Gasteiger partial charge in [0.05, 0.1) is 20.1 Å². The molecule has 1 heterocycles. The number of carboxylic acid groups (broad SMARTS) is 1. The molecule has 3 aromatic carbocycles. The molecule has 2 atom stereocenters. The van der Waals surface area contributed by atoms with Crippen LogP contribution in [0.5, 0.6) is 28.7 Å². The number of benzene rings is 3. The van der Waals surface area contributed by atoms with Gasteiger partial charge in [-0.3, -0.25) is 4.79 Å². The molecule has 0 aromatic heterocycles. The minimum absolute atomic E-state index is 0.0192. The van der Waals surface area contributed by atoms with Crippen LogP contribution in [0.1, 0.15) is 41.6 Å². The third-order valence-electron chi connectivity index (χ3n) is 6.09. The summed E-state index contributed by atoms with van der Waals surface area (Å²) in [5, 5.41) is 9.07. The van der Waals surface area contributed by atoms with Gasteiger partial charge in [-0.05, 0) is 55.3 Å².